The molecule has 1 aliphatic rings. The first-order valence-electron chi connectivity index (χ1n) is 6.03. The van der Waals surface area contributed by atoms with Crippen molar-refractivity contribution >= 4 is 11.7 Å². The standard InChI is InChI=1S/C12H18N4O/c1-8-3-2-4-9(5-8)16-12(17)10-6-15-11(13)7-14-10/h6-9H,2-5H2,1H3,(H2,13,15)(H,16,17). The summed E-state index contributed by atoms with van der Waals surface area (Å²) in [7, 11) is 0. The van der Waals surface area contributed by atoms with E-state index in [0.29, 0.717) is 17.4 Å². The van der Waals surface area contributed by atoms with E-state index < -0.39 is 0 Å². The van der Waals surface area contributed by atoms with Crippen molar-refractivity contribution in [2.45, 2.75) is 38.6 Å². The molecule has 2 unspecified atom stereocenters. The highest BCUT2D eigenvalue weighted by molar-refractivity contribution is 5.92. The Morgan fingerprint density at radius 3 is 2.88 bits per heavy atom. The van der Waals surface area contributed by atoms with Crippen molar-refractivity contribution in [3.05, 3.63) is 18.1 Å². The van der Waals surface area contributed by atoms with Gasteiger partial charge in [0.05, 0.1) is 12.4 Å². The molecule has 1 saturated carbocycles. The van der Waals surface area contributed by atoms with Gasteiger partial charge in [0.15, 0.2) is 0 Å². The zero-order valence-electron chi connectivity index (χ0n) is 10.0. The van der Waals surface area contributed by atoms with Crippen molar-refractivity contribution in [1.82, 2.24) is 15.3 Å². The Morgan fingerprint density at radius 2 is 2.24 bits per heavy atom. The van der Waals surface area contributed by atoms with Crippen LogP contribution in [0.3, 0.4) is 0 Å². The quantitative estimate of drug-likeness (QED) is 0.809. The van der Waals surface area contributed by atoms with Crippen molar-refractivity contribution in [1.29, 1.82) is 0 Å². The monoisotopic (exact) mass is 234 g/mol. The lowest BCUT2D eigenvalue weighted by Crippen LogP contribution is -2.38. The Morgan fingerprint density at radius 1 is 1.41 bits per heavy atom. The number of anilines is 1. The minimum absolute atomic E-state index is 0.156. The normalized spacial score (nSPS) is 24.3. The second-order valence-electron chi connectivity index (χ2n) is 4.77. The molecule has 1 amide bonds. The molecule has 0 saturated heterocycles. The molecule has 1 aromatic heterocycles. The van der Waals surface area contributed by atoms with Gasteiger partial charge in [-0.25, -0.2) is 9.97 Å². The molecule has 92 valence electrons. The smallest absolute Gasteiger partial charge is 0.271 e. The summed E-state index contributed by atoms with van der Waals surface area (Å²) in [6.45, 7) is 2.22. The van der Waals surface area contributed by atoms with Gasteiger partial charge in [-0.15, -0.1) is 0 Å². The summed E-state index contributed by atoms with van der Waals surface area (Å²) in [5.74, 6) is 0.857. The molecule has 0 spiro atoms. The summed E-state index contributed by atoms with van der Waals surface area (Å²) < 4.78 is 0. The number of carbonyl (C=O) groups is 1. The summed E-state index contributed by atoms with van der Waals surface area (Å²) in [5.41, 5.74) is 5.75. The fourth-order valence-corrected chi connectivity index (χ4v) is 2.28. The summed E-state index contributed by atoms with van der Waals surface area (Å²) in [5, 5.41) is 3.00. The minimum atomic E-state index is -0.156. The second kappa shape index (κ2) is 5.12. The van der Waals surface area contributed by atoms with E-state index in [1.54, 1.807) is 0 Å². The molecule has 1 fully saturated rings. The van der Waals surface area contributed by atoms with Crippen molar-refractivity contribution in [3.8, 4) is 0 Å². The Balaban J connectivity index is 1.94. The number of nitrogens with two attached hydrogens (primary N) is 1. The van der Waals surface area contributed by atoms with Crippen LogP contribution in [-0.4, -0.2) is 21.9 Å². The van der Waals surface area contributed by atoms with Crippen LogP contribution in [0.4, 0.5) is 5.82 Å². The van der Waals surface area contributed by atoms with E-state index in [1.165, 1.54) is 25.2 Å². The highest BCUT2D eigenvalue weighted by Gasteiger charge is 2.21. The molecular weight excluding hydrogens is 216 g/mol. The maximum atomic E-state index is 11.9. The van der Waals surface area contributed by atoms with Crippen LogP contribution in [0.15, 0.2) is 12.4 Å². The predicted octanol–water partition coefficient (Wildman–Crippen LogP) is 1.37. The average molecular weight is 234 g/mol. The lowest BCUT2D eigenvalue weighted by Gasteiger charge is -2.27. The SMILES string of the molecule is CC1CCCC(NC(=O)c2cnc(N)cn2)C1. The first-order chi connectivity index (χ1) is 8.15. The third-order valence-corrected chi connectivity index (χ3v) is 3.18. The topological polar surface area (TPSA) is 80.9 Å². The number of amides is 1. The summed E-state index contributed by atoms with van der Waals surface area (Å²) in [4.78, 5) is 19.7. The van der Waals surface area contributed by atoms with Gasteiger partial charge in [-0.05, 0) is 18.8 Å². The third-order valence-electron chi connectivity index (χ3n) is 3.18. The Hall–Kier alpha value is -1.65. The highest BCUT2D eigenvalue weighted by Crippen LogP contribution is 2.23. The van der Waals surface area contributed by atoms with Gasteiger partial charge in [0.2, 0.25) is 0 Å². The first kappa shape index (κ1) is 11.8. The molecular formula is C12H18N4O. The van der Waals surface area contributed by atoms with E-state index in [0.717, 1.165) is 12.8 Å². The fraction of sp³-hybridized carbons (Fsp3) is 0.583. The van der Waals surface area contributed by atoms with E-state index in [-0.39, 0.29) is 11.9 Å². The van der Waals surface area contributed by atoms with Gasteiger partial charge < -0.3 is 11.1 Å². The number of nitrogens with one attached hydrogen (secondary N) is 1. The largest absolute Gasteiger partial charge is 0.382 e. The number of nitrogen functional groups attached to an aromatic ring is 1. The number of nitrogens with zero attached hydrogens (tertiary/aromatic N) is 2. The Labute approximate surface area is 101 Å². The van der Waals surface area contributed by atoms with Crippen LogP contribution >= 0.6 is 0 Å². The van der Waals surface area contributed by atoms with Crippen LogP contribution in [0.1, 0.15) is 43.1 Å². The average Bonchev–Trinajstić information content (AvgIpc) is 2.29. The number of carbonyl (C=O) groups excluding carboxylic acids is 1. The van der Waals surface area contributed by atoms with Crippen LogP contribution in [0, 0.1) is 5.92 Å². The van der Waals surface area contributed by atoms with E-state index in [2.05, 4.69) is 22.2 Å². The van der Waals surface area contributed by atoms with E-state index in [1.807, 2.05) is 0 Å². The van der Waals surface area contributed by atoms with Crippen molar-refractivity contribution in [2.24, 2.45) is 5.92 Å². The van der Waals surface area contributed by atoms with Crippen LogP contribution in [-0.2, 0) is 0 Å². The van der Waals surface area contributed by atoms with Crippen LogP contribution in [0.5, 0.6) is 0 Å². The molecule has 2 rings (SSSR count). The minimum Gasteiger partial charge on any atom is -0.382 e. The molecule has 0 aliphatic heterocycles. The van der Waals surface area contributed by atoms with Crippen LogP contribution < -0.4 is 11.1 Å². The van der Waals surface area contributed by atoms with Crippen LogP contribution in [0.25, 0.3) is 0 Å². The van der Waals surface area contributed by atoms with Crippen molar-refractivity contribution in [2.75, 3.05) is 5.73 Å². The zero-order valence-corrected chi connectivity index (χ0v) is 10.0. The third kappa shape index (κ3) is 3.15. The lowest BCUT2D eigenvalue weighted by atomic mass is 9.87. The van der Waals surface area contributed by atoms with Crippen LogP contribution in [0.2, 0.25) is 0 Å². The molecule has 0 aromatic carbocycles. The molecule has 0 bridgehead atoms. The maximum absolute atomic E-state index is 11.9. The van der Waals surface area contributed by atoms with Crippen molar-refractivity contribution < 1.29 is 4.79 Å². The predicted molar refractivity (Wildman–Crippen MR) is 65.3 cm³/mol. The van der Waals surface area contributed by atoms with Crippen molar-refractivity contribution in [3.63, 3.8) is 0 Å². The summed E-state index contributed by atoms with van der Waals surface area (Å²) in [6.07, 6.45) is 7.36. The van der Waals surface area contributed by atoms with E-state index in [4.69, 9.17) is 5.73 Å². The second-order valence-corrected chi connectivity index (χ2v) is 4.77. The number of rotatable bonds is 2. The number of hydrogen-bond donors (Lipinski definition) is 2. The fourth-order valence-electron chi connectivity index (χ4n) is 2.28. The molecule has 3 N–H and O–H groups in total. The summed E-state index contributed by atoms with van der Waals surface area (Å²) >= 11 is 0. The Bertz CT molecular complexity index is 390. The van der Waals surface area contributed by atoms with E-state index >= 15 is 0 Å². The van der Waals surface area contributed by atoms with Gasteiger partial charge in [-0.1, -0.05) is 19.8 Å². The highest BCUT2D eigenvalue weighted by atomic mass is 16.1. The molecule has 1 aromatic rings. The molecule has 5 heteroatoms. The Kier molecular flexibility index (Phi) is 3.56. The molecule has 1 aliphatic carbocycles. The van der Waals surface area contributed by atoms with Gasteiger partial charge in [0.1, 0.15) is 11.5 Å². The molecule has 2 atom stereocenters. The van der Waals surface area contributed by atoms with E-state index in [9.17, 15) is 4.79 Å². The maximum Gasteiger partial charge on any atom is 0.271 e. The first-order valence-corrected chi connectivity index (χ1v) is 6.03. The number of aromatic nitrogens is 2. The van der Waals surface area contributed by atoms with Gasteiger partial charge in [-0.2, -0.15) is 0 Å². The van der Waals surface area contributed by atoms with Gasteiger partial charge in [-0.3, -0.25) is 4.79 Å². The van der Waals surface area contributed by atoms with Gasteiger partial charge in [0.25, 0.3) is 5.91 Å². The zero-order chi connectivity index (χ0) is 12.3. The van der Waals surface area contributed by atoms with Gasteiger partial charge in [0, 0.05) is 6.04 Å². The molecule has 17 heavy (non-hydrogen) atoms. The van der Waals surface area contributed by atoms with Gasteiger partial charge >= 0.3 is 0 Å². The lowest BCUT2D eigenvalue weighted by molar-refractivity contribution is 0.0916. The number of hydrogen-bond acceptors (Lipinski definition) is 4. The molecule has 5 nitrogen and oxygen atoms in total. The molecule has 0 radical (unpaired) electrons. The summed E-state index contributed by atoms with van der Waals surface area (Å²) in [6, 6.07) is 0.269. The molecule has 1 heterocycles.